The van der Waals surface area contributed by atoms with Crippen molar-refractivity contribution in [2.24, 2.45) is 0 Å². The standard InChI is InChI=1S/C18H20N2O5S2/c1-25-12-4-2-3-11(7-12)8-15-17(23)20(18(24)27-15)6-5-16(22)19-13-9-26-10-14(13)21/h2-4,7-8,13-14,21H,5-6,9-10H2,1H3,(H,19,22)/b15-8-/t13-,14-/m0/s1. The lowest BCUT2D eigenvalue weighted by molar-refractivity contribution is -0.124. The molecular formula is C18H20N2O5S2. The molecular weight excluding hydrogens is 388 g/mol. The highest BCUT2D eigenvalue weighted by Gasteiger charge is 2.35. The molecule has 0 spiro atoms. The number of nitrogens with zero attached hydrogens (tertiary/aromatic N) is 1. The summed E-state index contributed by atoms with van der Waals surface area (Å²) in [6.07, 6.45) is 1.10. The molecule has 2 heterocycles. The number of aliphatic hydroxyl groups excluding tert-OH is 1. The zero-order chi connectivity index (χ0) is 19.4. The van der Waals surface area contributed by atoms with E-state index in [0.717, 1.165) is 22.2 Å². The normalized spacial score (nSPS) is 23.9. The van der Waals surface area contributed by atoms with Crippen LogP contribution in [-0.2, 0) is 9.59 Å². The predicted molar refractivity (Wildman–Crippen MR) is 106 cm³/mol. The van der Waals surface area contributed by atoms with Gasteiger partial charge in [0.15, 0.2) is 0 Å². The first-order valence-electron chi connectivity index (χ1n) is 8.42. The Morgan fingerprint density at radius 2 is 2.22 bits per heavy atom. The van der Waals surface area contributed by atoms with E-state index in [9.17, 15) is 19.5 Å². The molecule has 3 amide bonds. The van der Waals surface area contributed by atoms with Crippen LogP contribution in [0.15, 0.2) is 29.2 Å². The van der Waals surface area contributed by atoms with Crippen molar-refractivity contribution in [3.05, 3.63) is 34.7 Å². The SMILES string of the molecule is COc1cccc(/C=C2\SC(=O)N(CCC(=O)N[C@H]3CSC[C@@H]3O)C2=O)c1. The maximum absolute atomic E-state index is 12.5. The molecule has 2 N–H and O–H groups in total. The van der Waals surface area contributed by atoms with Crippen LogP contribution in [0.2, 0.25) is 0 Å². The Balaban J connectivity index is 1.58. The summed E-state index contributed by atoms with van der Waals surface area (Å²) in [6.45, 7) is 0.0158. The molecule has 144 valence electrons. The second-order valence-electron chi connectivity index (χ2n) is 6.14. The fourth-order valence-electron chi connectivity index (χ4n) is 2.75. The molecule has 2 saturated heterocycles. The van der Waals surface area contributed by atoms with Crippen molar-refractivity contribution in [1.29, 1.82) is 0 Å². The minimum absolute atomic E-state index is 0.0123. The fraction of sp³-hybridized carbons (Fsp3) is 0.389. The summed E-state index contributed by atoms with van der Waals surface area (Å²) < 4.78 is 5.15. The van der Waals surface area contributed by atoms with Crippen LogP contribution in [-0.4, -0.2) is 64.4 Å². The van der Waals surface area contributed by atoms with Crippen molar-refractivity contribution < 1.29 is 24.2 Å². The number of amides is 3. The number of carbonyl (C=O) groups excluding carboxylic acids is 3. The van der Waals surface area contributed by atoms with E-state index in [-0.39, 0.29) is 24.9 Å². The predicted octanol–water partition coefficient (Wildman–Crippen LogP) is 1.71. The molecule has 1 aromatic rings. The highest BCUT2D eigenvalue weighted by molar-refractivity contribution is 8.18. The second-order valence-corrected chi connectivity index (χ2v) is 8.21. The van der Waals surface area contributed by atoms with Gasteiger partial charge < -0.3 is 15.2 Å². The maximum atomic E-state index is 12.5. The first kappa shape index (κ1) is 19.8. The zero-order valence-electron chi connectivity index (χ0n) is 14.7. The van der Waals surface area contributed by atoms with E-state index < -0.39 is 17.3 Å². The number of aliphatic hydroxyl groups is 1. The van der Waals surface area contributed by atoms with Crippen molar-refractivity contribution in [2.75, 3.05) is 25.2 Å². The summed E-state index contributed by atoms with van der Waals surface area (Å²) in [4.78, 5) is 38.1. The third-order valence-electron chi connectivity index (χ3n) is 4.22. The molecule has 0 aromatic heterocycles. The molecule has 3 rings (SSSR count). The van der Waals surface area contributed by atoms with Gasteiger partial charge in [0.25, 0.3) is 11.1 Å². The number of hydrogen-bond donors (Lipinski definition) is 2. The number of benzene rings is 1. The van der Waals surface area contributed by atoms with E-state index in [2.05, 4.69) is 5.32 Å². The van der Waals surface area contributed by atoms with E-state index >= 15 is 0 Å². The van der Waals surface area contributed by atoms with Crippen LogP contribution in [0.25, 0.3) is 6.08 Å². The Hall–Kier alpha value is -1.97. The molecule has 2 aliphatic rings. The van der Waals surface area contributed by atoms with E-state index in [1.807, 2.05) is 6.07 Å². The topological polar surface area (TPSA) is 95.9 Å². The Bertz CT molecular complexity index is 783. The molecule has 0 unspecified atom stereocenters. The van der Waals surface area contributed by atoms with Crippen molar-refractivity contribution >= 4 is 46.7 Å². The van der Waals surface area contributed by atoms with Crippen LogP contribution < -0.4 is 10.1 Å². The number of carbonyl (C=O) groups is 3. The molecule has 2 aliphatic heterocycles. The van der Waals surface area contributed by atoms with Gasteiger partial charge in [0.2, 0.25) is 5.91 Å². The second kappa shape index (κ2) is 8.81. The maximum Gasteiger partial charge on any atom is 0.293 e. The number of ether oxygens (including phenoxy) is 1. The zero-order valence-corrected chi connectivity index (χ0v) is 16.3. The van der Waals surface area contributed by atoms with Gasteiger partial charge in [-0.2, -0.15) is 11.8 Å². The summed E-state index contributed by atoms with van der Waals surface area (Å²) in [5, 5.41) is 12.1. The third-order valence-corrected chi connectivity index (χ3v) is 6.30. The summed E-state index contributed by atoms with van der Waals surface area (Å²) in [5.74, 6) is 1.24. The van der Waals surface area contributed by atoms with Crippen molar-refractivity contribution in [1.82, 2.24) is 10.2 Å². The van der Waals surface area contributed by atoms with E-state index in [1.165, 1.54) is 0 Å². The summed E-state index contributed by atoms with van der Waals surface area (Å²) >= 11 is 2.43. The minimum Gasteiger partial charge on any atom is -0.497 e. The Morgan fingerprint density at radius 3 is 2.93 bits per heavy atom. The highest BCUT2D eigenvalue weighted by Crippen LogP contribution is 2.32. The molecule has 0 bridgehead atoms. The smallest absolute Gasteiger partial charge is 0.293 e. The van der Waals surface area contributed by atoms with Crippen LogP contribution in [0.1, 0.15) is 12.0 Å². The number of thioether (sulfide) groups is 2. The molecule has 0 aliphatic carbocycles. The quantitative estimate of drug-likeness (QED) is 0.692. The van der Waals surface area contributed by atoms with Crippen molar-refractivity contribution in [2.45, 2.75) is 18.6 Å². The fourth-order valence-corrected chi connectivity index (χ4v) is 4.78. The molecule has 7 nitrogen and oxygen atoms in total. The highest BCUT2D eigenvalue weighted by atomic mass is 32.2. The van der Waals surface area contributed by atoms with Crippen LogP contribution in [0, 0.1) is 0 Å². The number of imide groups is 1. The van der Waals surface area contributed by atoms with Crippen LogP contribution in [0.4, 0.5) is 4.79 Å². The number of nitrogens with one attached hydrogen (secondary N) is 1. The molecule has 27 heavy (non-hydrogen) atoms. The van der Waals surface area contributed by atoms with Crippen LogP contribution in [0.3, 0.4) is 0 Å². The van der Waals surface area contributed by atoms with Crippen molar-refractivity contribution in [3.8, 4) is 5.75 Å². The average molecular weight is 409 g/mol. The van der Waals surface area contributed by atoms with Crippen molar-refractivity contribution in [3.63, 3.8) is 0 Å². The number of hydrogen-bond acceptors (Lipinski definition) is 7. The Kier molecular flexibility index (Phi) is 6.46. The lowest BCUT2D eigenvalue weighted by Gasteiger charge is -2.17. The Morgan fingerprint density at radius 1 is 1.41 bits per heavy atom. The Labute approximate surface area is 165 Å². The van der Waals surface area contributed by atoms with Gasteiger partial charge in [-0.25, -0.2) is 0 Å². The first-order valence-corrected chi connectivity index (χ1v) is 10.4. The lowest BCUT2D eigenvalue weighted by Crippen LogP contribution is -2.43. The third kappa shape index (κ3) is 4.85. The van der Waals surface area contributed by atoms with E-state index in [0.29, 0.717) is 22.2 Å². The van der Waals surface area contributed by atoms with Gasteiger partial charge in [0.1, 0.15) is 5.75 Å². The minimum atomic E-state index is -0.554. The van der Waals surface area contributed by atoms with Gasteiger partial charge in [-0.1, -0.05) is 12.1 Å². The van der Waals surface area contributed by atoms with E-state index in [4.69, 9.17) is 4.74 Å². The number of rotatable bonds is 6. The molecule has 2 fully saturated rings. The van der Waals surface area contributed by atoms with E-state index in [1.54, 1.807) is 43.1 Å². The van der Waals surface area contributed by atoms with Gasteiger partial charge >= 0.3 is 0 Å². The summed E-state index contributed by atoms with van der Waals surface area (Å²) in [7, 11) is 1.56. The molecule has 0 radical (unpaired) electrons. The first-order chi connectivity index (χ1) is 13.0. The molecule has 1 aromatic carbocycles. The van der Waals surface area contributed by atoms with Gasteiger partial charge in [0, 0.05) is 24.5 Å². The van der Waals surface area contributed by atoms with Crippen LogP contribution >= 0.6 is 23.5 Å². The van der Waals surface area contributed by atoms with Gasteiger partial charge in [-0.15, -0.1) is 0 Å². The summed E-state index contributed by atoms with van der Waals surface area (Å²) in [5.41, 5.74) is 0.755. The molecule has 2 atom stereocenters. The molecule has 9 heteroatoms. The van der Waals surface area contributed by atoms with Gasteiger partial charge in [0.05, 0.1) is 24.2 Å². The monoisotopic (exact) mass is 408 g/mol. The van der Waals surface area contributed by atoms with Gasteiger partial charge in [-0.3, -0.25) is 19.3 Å². The lowest BCUT2D eigenvalue weighted by atomic mass is 10.2. The molecule has 0 saturated carbocycles. The number of methoxy groups -OCH3 is 1. The van der Waals surface area contributed by atoms with Crippen LogP contribution in [0.5, 0.6) is 5.75 Å². The van der Waals surface area contributed by atoms with Gasteiger partial charge in [-0.05, 0) is 35.5 Å². The summed E-state index contributed by atoms with van der Waals surface area (Å²) in [6, 6.07) is 6.91. The largest absolute Gasteiger partial charge is 0.497 e. The average Bonchev–Trinajstić information content (AvgIpc) is 3.16.